The predicted molar refractivity (Wildman–Crippen MR) is 124 cm³/mol. The van der Waals surface area contributed by atoms with Gasteiger partial charge in [-0.05, 0) is 75.7 Å². The van der Waals surface area contributed by atoms with Gasteiger partial charge in [-0.1, -0.05) is 12.2 Å². The highest BCUT2D eigenvalue weighted by atomic mass is 16.3. The Morgan fingerprint density at radius 3 is 2.73 bits per heavy atom. The summed E-state index contributed by atoms with van der Waals surface area (Å²) in [5.74, 6) is 0.641. The van der Waals surface area contributed by atoms with E-state index in [0.717, 1.165) is 43.7 Å². The number of aryl methyl sites for hydroxylation is 1. The summed E-state index contributed by atoms with van der Waals surface area (Å²) in [7, 11) is 2.15. The summed E-state index contributed by atoms with van der Waals surface area (Å²) in [5, 5.41) is 0. The molecule has 1 aliphatic heterocycles. The molecule has 1 aromatic carbocycles. The van der Waals surface area contributed by atoms with Crippen LogP contribution in [0.15, 0.2) is 46.9 Å². The van der Waals surface area contributed by atoms with Gasteiger partial charge in [-0.25, -0.2) is 4.98 Å². The summed E-state index contributed by atoms with van der Waals surface area (Å²) in [6.45, 7) is 7.42. The Morgan fingerprint density at radius 2 is 1.97 bits per heavy atom. The van der Waals surface area contributed by atoms with Crippen molar-refractivity contribution in [2.75, 3.05) is 31.7 Å². The molecule has 0 amide bonds. The average molecular weight is 401 g/mol. The van der Waals surface area contributed by atoms with Crippen molar-refractivity contribution in [3.63, 3.8) is 0 Å². The van der Waals surface area contributed by atoms with Crippen LogP contribution in [0.25, 0.3) is 28.9 Å². The Hall–Kier alpha value is -3.05. The minimum atomic E-state index is 0.641. The molecule has 5 nitrogen and oxygen atoms in total. The van der Waals surface area contributed by atoms with Gasteiger partial charge in [-0.3, -0.25) is 4.90 Å². The Morgan fingerprint density at radius 1 is 1.07 bits per heavy atom. The zero-order valence-corrected chi connectivity index (χ0v) is 17.9. The molecule has 5 rings (SSSR count). The highest BCUT2D eigenvalue weighted by Crippen LogP contribution is 2.27. The first-order valence-electron chi connectivity index (χ1n) is 10.7. The second-order valence-electron chi connectivity index (χ2n) is 8.29. The van der Waals surface area contributed by atoms with Crippen LogP contribution in [0.5, 0.6) is 0 Å². The summed E-state index contributed by atoms with van der Waals surface area (Å²) in [4.78, 5) is 9.39. The lowest BCUT2D eigenvalue weighted by atomic mass is 10.1. The van der Waals surface area contributed by atoms with E-state index in [1.54, 1.807) is 0 Å². The third-order valence-electron chi connectivity index (χ3n) is 6.03. The van der Waals surface area contributed by atoms with Gasteiger partial charge in [0.25, 0.3) is 0 Å². The van der Waals surface area contributed by atoms with Crippen LogP contribution in [0, 0.1) is 13.8 Å². The van der Waals surface area contributed by atoms with Gasteiger partial charge < -0.3 is 13.9 Å². The van der Waals surface area contributed by atoms with E-state index in [1.807, 2.05) is 12.1 Å². The predicted octanol–water partition coefficient (Wildman–Crippen LogP) is 5.32. The smallest absolute Gasteiger partial charge is 0.220 e. The molecule has 0 unspecified atom stereocenters. The molecule has 1 fully saturated rings. The summed E-state index contributed by atoms with van der Waals surface area (Å²) in [6.07, 6.45) is 13.1. The second-order valence-corrected chi connectivity index (χ2v) is 8.29. The number of hydrogen-bond donors (Lipinski definition) is 0. The Bertz CT molecular complexity index is 1180. The molecule has 0 N–H and O–H groups in total. The Labute approximate surface area is 177 Å². The SMILES string of the molecule is Cc1cc(/C=C/c2nc3cc(N4CCN(C)C4)ccc3o2)c(C)n1C1=CCCC=C1. The van der Waals surface area contributed by atoms with E-state index in [2.05, 4.69) is 77.8 Å². The molecule has 5 heteroatoms. The van der Waals surface area contributed by atoms with Crippen LogP contribution in [-0.2, 0) is 0 Å². The molecular formula is C25H28N4O. The number of benzene rings is 1. The first-order valence-corrected chi connectivity index (χ1v) is 10.7. The third-order valence-corrected chi connectivity index (χ3v) is 6.03. The lowest BCUT2D eigenvalue weighted by Gasteiger charge is -2.17. The molecule has 30 heavy (non-hydrogen) atoms. The van der Waals surface area contributed by atoms with Gasteiger partial charge in [0.15, 0.2) is 5.58 Å². The van der Waals surface area contributed by atoms with Crippen molar-refractivity contribution in [2.24, 2.45) is 0 Å². The van der Waals surface area contributed by atoms with Crippen molar-refractivity contribution in [3.8, 4) is 0 Å². The largest absolute Gasteiger partial charge is 0.437 e. The van der Waals surface area contributed by atoms with E-state index in [9.17, 15) is 0 Å². The van der Waals surface area contributed by atoms with Crippen LogP contribution >= 0.6 is 0 Å². The van der Waals surface area contributed by atoms with Gasteiger partial charge in [0.1, 0.15) is 5.52 Å². The van der Waals surface area contributed by atoms with E-state index in [1.165, 1.54) is 28.3 Å². The maximum Gasteiger partial charge on any atom is 0.220 e. The van der Waals surface area contributed by atoms with Gasteiger partial charge in [0.2, 0.25) is 5.89 Å². The van der Waals surface area contributed by atoms with Crippen LogP contribution < -0.4 is 4.90 Å². The maximum absolute atomic E-state index is 5.97. The van der Waals surface area contributed by atoms with Crippen molar-refractivity contribution in [1.82, 2.24) is 14.5 Å². The number of fused-ring (bicyclic) bond motifs is 1. The standard InChI is InChI=1S/C25H28N4O/c1-18-15-20(19(2)29(18)21-7-5-4-6-8-21)9-12-25-26-23-16-22(10-11-24(23)30-25)28-14-13-27(3)17-28/h5,7-12,15-16H,4,6,13-14,17H2,1-3H3/b12-9+. The quantitative estimate of drug-likeness (QED) is 0.594. The molecule has 1 aliphatic carbocycles. The first kappa shape index (κ1) is 18.9. The van der Waals surface area contributed by atoms with Gasteiger partial charge in [-0.2, -0.15) is 0 Å². The minimum Gasteiger partial charge on any atom is -0.437 e. The van der Waals surface area contributed by atoms with Gasteiger partial charge in [0.05, 0.1) is 6.67 Å². The minimum absolute atomic E-state index is 0.641. The number of likely N-dealkylation sites (N-methyl/N-ethyl adjacent to an activating group) is 1. The van der Waals surface area contributed by atoms with E-state index in [4.69, 9.17) is 9.40 Å². The topological polar surface area (TPSA) is 37.4 Å². The molecular weight excluding hydrogens is 372 g/mol. The van der Waals surface area contributed by atoms with E-state index in [0.29, 0.717) is 5.89 Å². The summed E-state index contributed by atoms with van der Waals surface area (Å²) >= 11 is 0. The molecule has 0 bridgehead atoms. The second kappa shape index (κ2) is 7.65. The number of hydrogen-bond acceptors (Lipinski definition) is 4. The molecule has 1 saturated heterocycles. The van der Waals surface area contributed by atoms with Gasteiger partial charge in [0, 0.05) is 41.9 Å². The summed E-state index contributed by atoms with van der Waals surface area (Å²) in [6, 6.07) is 8.50. The number of aromatic nitrogens is 2. The molecule has 0 saturated carbocycles. The zero-order chi connectivity index (χ0) is 20.7. The first-order chi connectivity index (χ1) is 14.6. The van der Waals surface area contributed by atoms with Crippen LogP contribution in [0.2, 0.25) is 0 Å². The van der Waals surface area contributed by atoms with Crippen LogP contribution in [0.3, 0.4) is 0 Å². The maximum atomic E-state index is 5.97. The number of oxazole rings is 1. The number of rotatable bonds is 4. The zero-order valence-electron chi connectivity index (χ0n) is 17.9. The molecule has 2 aromatic heterocycles. The van der Waals surface area contributed by atoms with Crippen molar-refractivity contribution in [1.29, 1.82) is 0 Å². The van der Waals surface area contributed by atoms with Crippen molar-refractivity contribution in [3.05, 3.63) is 65.3 Å². The number of allylic oxidation sites excluding steroid dienone is 4. The fraction of sp³-hybridized carbons (Fsp3) is 0.320. The molecule has 154 valence electrons. The summed E-state index contributed by atoms with van der Waals surface area (Å²) in [5.41, 5.74) is 7.86. The number of anilines is 1. The van der Waals surface area contributed by atoms with E-state index < -0.39 is 0 Å². The lowest BCUT2D eigenvalue weighted by Crippen LogP contribution is -2.22. The third kappa shape index (κ3) is 3.50. The molecule has 0 atom stereocenters. The fourth-order valence-corrected chi connectivity index (χ4v) is 4.42. The van der Waals surface area contributed by atoms with Crippen LogP contribution in [0.4, 0.5) is 5.69 Å². The number of nitrogens with zero attached hydrogens (tertiary/aromatic N) is 4. The van der Waals surface area contributed by atoms with Crippen LogP contribution in [0.1, 0.15) is 35.7 Å². The van der Waals surface area contributed by atoms with Gasteiger partial charge >= 0.3 is 0 Å². The van der Waals surface area contributed by atoms with E-state index in [-0.39, 0.29) is 0 Å². The van der Waals surface area contributed by atoms with Crippen molar-refractivity contribution in [2.45, 2.75) is 26.7 Å². The Balaban J connectivity index is 1.40. The van der Waals surface area contributed by atoms with Crippen molar-refractivity contribution < 1.29 is 4.42 Å². The fourth-order valence-electron chi connectivity index (χ4n) is 4.42. The average Bonchev–Trinajstić information content (AvgIpc) is 3.43. The molecule has 0 radical (unpaired) electrons. The molecule has 0 spiro atoms. The van der Waals surface area contributed by atoms with E-state index >= 15 is 0 Å². The highest BCUT2D eigenvalue weighted by Gasteiger charge is 2.18. The lowest BCUT2D eigenvalue weighted by molar-refractivity contribution is 0.421. The highest BCUT2D eigenvalue weighted by molar-refractivity contribution is 5.80. The van der Waals surface area contributed by atoms with Crippen LogP contribution in [-0.4, -0.2) is 41.3 Å². The van der Waals surface area contributed by atoms with Gasteiger partial charge in [-0.15, -0.1) is 0 Å². The molecule has 3 heterocycles. The molecule has 2 aliphatic rings. The monoisotopic (exact) mass is 400 g/mol. The molecule has 3 aromatic rings. The summed E-state index contributed by atoms with van der Waals surface area (Å²) < 4.78 is 8.29. The van der Waals surface area contributed by atoms with Crippen molar-refractivity contribution >= 4 is 34.6 Å². The Kier molecular flexibility index (Phi) is 4.83. The normalized spacial score (nSPS) is 17.6.